The van der Waals surface area contributed by atoms with Crippen LogP contribution in [-0.4, -0.2) is 9.97 Å². The highest BCUT2D eigenvalue weighted by Gasteiger charge is 2.46. The molecule has 0 atom stereocenters. The minimum atomic E-state index is -3.33. The minimum Gasteiger partial charge on any atom is -0.456 e. The molecule has 0 amide bonds. The van der Waals surface area contributed by atoms with E-state index in [2.05, 4.69) is 70.6 Å². The summed E-state index contributed by atoms with van der Waals surface area (Å²) in [7, 11) is -3.33. The van der Waals surface area contributed by atoms with E-state index in [1.54, 1.807) is 0 Å². The van der Waals surface area contributed by atoms with Gasteiger partial charge in [-0.1, -0.05) is 54.6 Å². The van der Waals surface area contributed by atoms with Gasteiger partial charge in [0.25, 0.3) is 0 Å². The van der Waals surface area contributed by atoms with Gasteiger partial charge >= 0.3 is 0 Å². The van der Waals surface area contributed by atoms with E-state index in [1.807, 2.05) is 93.2 Å². The molecule has 2 aromatic heterocycles. The van der Waals surface area contributed by atoms with Crippen molar-refractivity contribution in [2.75, 3.05) is 0 Å². The molecule has 4 heterocycles. The van der Waals surface area contributed by atoms with Gasteiger partial charge in [-0.15, -0.1) is 0 Å². The topological polar surface area (TPSA) is 61.3 Å². The van der Waals surface area contributed by atoms with Crippen molar-refractivity contribution in [3.63, 3.8) is 0 Å². The second-order valence-electron chi connectivity index (χ2n) is 12.4. The van der Waals surface area contributed by atoms with Gasteiger partial charge in [0.2, 0.25) is 0 Å². The summed E-state index contributed by atoms with van der Waals surface area (Å²) in [6.07, 6.45) is 7.48. The van der Waals surface area contributed by atoms with Crippen molar-refractivity contribution in [1.29, 1.82) is 0 Å². The van der Waals surface area contributed by atoms with Gasteiger partial charge in [0, 0.05) is 35.9 Å². The standard InChI is InChI=1S/C42H29N2O3P/c1-26-16-34(24-43-22-26)30-8-3-6-28(18-30)32-12-14-40-38(20-32)46-36-10-5-11-37-42(36)48(40,45)41-15-13-33(21-39(41)47-37)29-7-4-9-31(19-29)35-17-27(2)23-44-25-35/h3-25H,1-2H3. The Morgan fingerprint density at radius 2 is 0.854 bits per heavy atom. The lowest BCUT2D eigenvalue weighted by atomic mass is 9.99. The zero-order chi connectivity index (χ0) is 32.4. The van der Waals surface area contributed by atoms with Gasteiger partial charge in [-0.05, 0) is 119 Å². The molecule has 0 saturated heterocycles. The number of hydrogen-bond acceptors (Lipinski definition) is 5. The zero-order valence-electron chi connectivity index (χ0n) is 26.3. The van der Waals surface area contributed by atoms with Crippen LogP contribution >= 0.6 is 7.14 Å². The molecule has 0 saturated carbocycles. The molecule has 0 spiro atoms. The van der Waals surface area contributed by atoms with Crippen LogP contribution < -0.4 is 25.4 Å². The number of benzene rings is 5. The Balaban J connectivity index is 1.14. The van der Waals surface area contributed by atoms with E-state index >= 15 is 4.57 Å². The predicted molar refractivity (Wildman–Crippen MR) is 193 cm³/mol. The largest absolute Gasteiger partial charge is 0.456 e. The fraction of sp³-hybridized carbons (Fsp3) is 0.0476. The number of aromatic nitrogens is 2. The summed E-state index contributed by atoms with van der Waals surface area (Å²) in [6.45, 7) is 4.09. The highest BCUT2D eigenvalue weighted by molar-refractivity contribution is 7.86. The number of hydrogen-bond donors (Lipinski definition) is 0. The van der Waals surface area contributed by atoms with Crippen molar-refractivity contribution in [1.82, 2.24) is 9.97 Å². The maximum atomic E-state index is 15.6. The smallest absolute Gasteiger partial charge is 0.185 e. The second-order valence-corrected chi connectivity index (χ2v) is 15.1. The number of fused-ring (bicyclic) bond motifs is 4. The molecule has 2 aliphatic heterocycles. The Labute approximate surface area is 278 Å². The third-order valence-corrected chi connectivity index (χ3v) is 12.3. The molecular formula is C42H29N2O3P. The van der Waals surface area contributed by atoms with Crippen LogP contribution in [0.5, 0.6) is 23.0 Å². The molecule has 0 bridgehead atoms. The lowest BCUT2D eigenvalue weighted by Crippen LogP contribution is -2.35. The maximum Gasteiger partial charge on any atom is 0.185 e. The molecule has 6 heteroatoms. The fourth-order valence-corrected chi connectivity index (χ4v) is 9.85. The van der Waals surface area contributed by atoms with Crippen LogP contribution in [0.15, 0.2) is 140 Å². The predicted octanol–water partition coefficient (Wildman–Crippen LogP) is 9.61. The first-order chi connectivity index (χ1) is 23.4. The van der Waals surface area contributed by atoms with Crippen LogP contribution in [0.4, 0.5) is 0 Å². The third kappa shape index (κ3) is 4.58. The van der Waals surface area contributed by atoms with Gasteiger partial charge in [-0.2, -0.15) is 0 Å². The van der Waals surface area contributed by atoms with E-state index in [9.17, 15) is 0 Å². The van der Waals surface area contributed by atoms with Crippen LogP contribution in [0, 0.1) is 13.8 Å². The quantitative estimate of drug-likeness (QED) is 0.179. The van der Waals surface area contributed by atoms with Crippen molar-refractivity contribution < 1.29 is 14.0 Å². The number of aryl methyl sites for hydroxylation is 2. The van der Waals surface area contributed by atoms with Crippen molar-refractivity contribution in [3.8, 4) is 67.5 Å². The number of rotatable bonds is 4. The van der Waals surface area contributed by atoms with Crippen LogP contribution in [0.1, 0.15) is 11.1 Å². The lowest BCUT2D eigenvalue weighted by Gasteiger charge is -2.34. The normalized spacial score (nSPS) is 13.4. The van der Waals surface area contributed by atoms with Crippen LogP contribution in [-0.2, 0) is 4.57 Å². The molecule has 0 aliphatic carbocycles. The van der Waals surface area contributed by atoms with Crippen LogP contribution in [0.25, 0.3) is 44.5 Å². The van der Waals surface area contributed by atoms with Gasteiger partial charge in [0.1, 0.15) is 28.3 Å². The molecule has 2 aliphatic rings. The summed E-state index contributed by atoms with van der Waals surface area (Å²) in [5, 5.41) is 1.97. The van der Waals surface area contributed by atoms with E-state index in [0.29, 0.717) is 38.9 Å². The van der Waals surface area contributed by atoms with Crippen LogP contribution in [0.2, 0.25) is 0 Å². The van der Waals surface area contributed by atoms with Gasteiger partial charge < -0.3 is 14.0 Å². The summed E-state index contributed by atoms with van der Waals surface area (Å²) in [4.78, 5) is 8.75. The molecule has 9 rings (SSSR count). The summed E-state index contributed by atoms with van der Waals surface area (Å²) in [5.74, 6) is 2.32. The molecule has 0 radical (unpaired) electrons. The van der Waals surface area contributed by atoms with E-state index < -0.39 is 7.14 Å². The average Bonchev–Trinajstić information content (AvgIpc) is 3.11. The Hall–Kier alpha value is -5.77. The molecule has 5 aromatic carbocycles. The highest BCUT2D eigenvalue weighted by Crippen LogP contribution is 2.58. The molecule has 7 aromatic rings. The van der Waals surface area contributed by atoms with Crippen molar-refractivity contribution >= 4 is 23.1 Å². The molecule has 0 unspecified atom stereocenters. The Morgan fingerprint density at radius 3 is 1.31 bits per heavy atom. The monoisotopic (exact) mass is 640 g/mol. The second kappa shape index (κ2) is 10.9. The number of nitrogens with zero attached hydrogens (tertiary/aromatic N) is 2. The molecule has 48 heavy (non-hydrogen) atoms. The number of pyridine rings is 2. The van der Waals surface area contributed by atoms with E-state index in [0.717, 1.165) is 55.6 Å². The SMILES string of the molecule is Cc1cncc(-c2cccc(-c3ccc4c(c3)Oc3cccc5c3P4(=O)c3ccc(-c4cccc(-c6cncc(C)c6)c4)cc3O5)c2)c1. The lowest BCUT2D eigenvalue weighted by molar-refractivity contribution is 0.462. The Morgan fingerprint density at radius 1 is 0.438 bits per heavy atom. The average molecular weight is 641 g/mol. The summed E-state index contributed by atoms with van der Waals surface area (Å²) in [6, 6.07) is 38.7. The minimum absolute atomic E-state index is 0.564. The summed E-state index contributed by atoms with van der Waals surface area (Å²) < 4.78 is 28.6. The zero-order valence-corrected chi connectivity index (χ0v) is 27.2. The van der Waals surface area contributed by atoms with Crippen molar-refractivity contribution in [2.45, 2.75) is 13.8 Å². The molecule has 0 N–H and O–H groups in total. The van der Waals surface area contributed by atoms with Crippen LogP contribution in [0.3, 0.4) is 0 Å². The van der Waals surface area contributed by atoms with Crippen molar-refractivity contribution in [3.05, 3.63) is 151 Å². The Bertz CT molecular complexity index is 2320. The molecule has 0 fully saturated rings. The van der Waals surface area contributed by atoms with Crippen molar-refractivity contribution in [2.24, 2.45) is 0 Å². The van der Waals surface area contributed by atoms with Gasteiger partial charge in [0.05, 0.1) is 10.6 Å². The highest BCUT2D eigenvalue weighted by atomic mass is 31.2. The molecule has 230 valence electrons. The van der Waals surface area contributed by atoms with Gasteiger partial charge in [0.15, 0.2) is 7.14 Å². The molecule has 5 nitrogen and oxygen atoms in total. The third-order valence-electron chi connectivity index (χ3n) is 9.12. The molecular weight excluding hydrogens is 611 g/mol. The van der Waals surface area contributed by atoms with E-state index in [4.69, 9.17) is 9.47 Å². The van der Waals surface area contributed by atoms with E-state index in [1.165, 1.54) is 0 Å². The first kappa shape index (κ1) is 28.5. The van der Waals surface area contributed by atoms with Gasteiger partial charge in [-0.3, -0.25) is 9.97 Å². The summed E-state index contributed by atoms with van der Waals surface area (Å²) >= 11 is 0. The first-order valence-electron chi connectivity index (χ1n) is 15.9. The Kier molecular flexibility index (Phi) is 6.46. The first-order valence-corrected chi connectivity index (χ1v) is 17.6. The van der Waals surface area contributed by atoms with Gasteiger partial charge in [-0.25, -0.2) is 0 Å². The van der Waals surface area contributed by atoms with E-state index in [-0.39, 0.29) is 0 Å². The number of ether oxygens (including phenoxy) is 2. The fourth-order valence-electron chi connectivity index (χ4n) is 6.84. The maximum absolute atomic E-state index is 15.6. The summed E-state index contributed by atoms with van der Waals surface area (Å²) in [5.41, 5.74) is 10.6.